The highest BCUT2D eigenvalue weighted by Crippen LogP contribution is 2.32. The van der Waals surface area contributed by atoms with Crippen molar-refractivity contribution in [2.75, 3.05) is 7.11 Å². The number of esters is 1. The monoisotopic (exact) mass is 207 g/mol. The molecule has 2 N–H and O–H groups in total. The van der Waals surface area contributed by atoms with Crippen LogP contribution in [0, 0.1) is 5.41 Å². The molecule has 0 heterocycles. The Bertz CT molecular complexity index is 333. The maximum atomic E-state index is 11.5. The number of hydrogen-bond donors (Lipinski definition) is 1. The first-order chi connectivity index (χ1) is 7.00. The van der Waals surface area contributed by atoms with Gasteiger partial charge in [0.2, 0.25) is 0 Å². The second-order valence-corrected chi connectivity index (χ2v) is 4.10. The van der Waals surface area contributed by atoms with Gasteiger partial charge in [0, 0.05) is 6.04 Å². The molecule has 0 saturated heterocycles. The van der Waals surface area contributed by atoms with Crippen LogP contribution in [-0.4, -0.2) is 13.1 Å². The largest absolute Gasteiger partial charge is 0.469 e. The van der Waals surface area contributed by atoms with Gasteiger partial charge in [0.15, 0.2) is 0 Å². The lowest BCUT2D eigenvalue weighted by molar-refractivity contribution is -0.152. The van der Waals surface area contributed by atoms with E-state index in [2.05, 4.69) is 0 Å². The van der Waals surface area contributed by atoms with Crippen LogP contribution in [0.25, 0.3) is 0 Å². The van der Waals surface area contributed by atoms with Gasteiger partial charge in [-0.3, -0.25) is 4.79 Å². The fourth-order valence-electron chi connectivity index (χ4n) is 1.47. The molecule has 15 heavy (non-hydrogen) atoms. The first-order valence-electron chi connectivity index (χ1n) is 4.89. The van der Waals surface area contributed by atoms with Crippen LogP contribution in [0.5, 0.6) is 0 Å². The highest BCUT2D eigenvalue weighted by molar-refractivity contribution is 5.77. The third kappa shape index (κ3) is 2.36. The van der Waals surface area contributed by atoms with Crippen LogP contribution < -0.4 is 5.73 Å². The third-order valence-electron chi connectivity index (χ3n) is 2.65. The molecule has 1 aromatic carbocycles. The molecule has 0 aliphatic rings. The zero-order chi connectivity index (χ0) is 11.5. The Morgan fingerprint density at radius 3 is 2.33 bits per heavy atom. The fourth-order valence-corrected chi connectivity index (χ4v) is 1.47. The second kappa shape index (κ2) is 4.45. The molecular formula is C12H17NO2. The lowest BCUT2D eigenvalue weighted by Gasteiger charge is -2.28. The summed E-state index contributed by atoms with van der Waals surface area (Å²) in [6.07, 6.45) is 0. The molecule has 0 amide bonds. The first kappa shape index (κ1) is 11.7. The van der Waals surface area contributed by atoms with E-state index in [0.29, 0.717) is 0 Å². The summed E-state index contributed by atoms with van der Waals surface area (Å²) in [6.45, 7) is 3.58. The van der Waals surface area contributed by atoms with E-state index < -0.39 is 5.41 Å². The molecule has 0 bridgehead atoms. The van der Waals surface area contributed by atoms with Crippen molar-refractivity contribution in [3.63, 3.8) is 0 Å². The number of rotatable bonds is 3. The van der Waals surface area contributed by atoms with Crippen LogP contribution in [0.1, 0.15) is 25.5 Å². The molecule has 3 nitrogen and oxygen atoms in total. The molecule has 0 spiro atoms. The van der Waals surface area contributed by atoms with Crippen LogP contribution in [0.2, 0.25) is 0 Å². The van der Waals surface area contributed by atoms with Crippen LogP contribution in [-0.2, 0) is 9.53 Å². The molecule has 1 rings (SSSR count). The summed E-state index contributed by atoms with van der Waals surface area (Å²) in [7, 11) is 1.38. The van der Waals surface area contributed by atoms with E-state index in [-0.39, 0.29) is 12.0 Å². The highest BCUT2D eigenvalue weighted by Gasteiger charge is 2.36. The van der Waals surface area contributed by atoms with E-state index in [9.17, 15) is 4.79 Å². The lowest BCUT2D eigenvalue weighted by atomic mass is 9.81. The normalized spacial score (nSPS) is 13.3. The number of benzene rings is 1. The van der Waals surface area contributed by atoms with Crippen LogP contribution >= 0.6 is 0 Å². The van der Waals surface area contributed by atoms with Gasteiger partial charge in [0.1, 0.15) is 0 Å². The summed E-state index contributed by atoms with van der Waals surface area (Å²) in [4.78, 5) is 11.5. The van der Waals surface area contributed by atoms with Gasteiger partial charge < -0.3 is 10.5 Å². The van der Waals surface area contributed by atoms with Crippen LogP contribution in [0.3, 0.4) is 0 Å². The quantitative estimate of drug-likeness (QED) is 0.770. The summed E-state index contributed by atoms with van der Waals surface area (Å²) in [5.74, 6) is -0.293. The molecule has 0 aliphatic carbocycles. The lowest BCUT2D eigenvalue weighted by Crippen LogP contribution is -2.37. The van der Waals surface area contributed by atoms with E-state index in [1.54, 1.807) is 13.8 Å². The maximum absolute atomic E-state index is 11.5. The molecule has 1 aromatic rings. The predicted molar refractivity (Wildman–Crippen MR) is 59.2 cm³/mol. The van der Waals surface area contributed by atoms with Crippen molar-refractivity contribution in [1.82, 2.24) is 0 Å². The topological polar surface area (TPSA) is 52.3 Å². The van der Waals surface area contributed by atoms with E-state index in [1.807, 2.05) is 30.3 Å². The molecule has 3 heteroatoms. The number of carbonyl (C=O) groups excluding carboxylic acids is 1. The van der Waals surface area contributed by atoms with E-state index in [0.717, 1.165) is 5.56 Å². The van der Waals surface area contributed by atoms with Crippen molar-refractivity contribution in [2.45, 2.75) is 19.9 Å². The van der Waals surface area contributed by atoms with Crippen LogP contribution in [0.15, 0.2) is 30.3 Å². The molecule has 0 fully saturated rings. The molecule has 0 aromatic heterocycles. The fraction of sp³-hybridized carbons (Fsp3) is 0.417. The summed E-state index contributed by atoms with van der Waals surface area (Å²) in [5, 5.41) is 0. The van der Waals surface area contributed by atoms with Gasteiger partial charge in [0.25, 0.3) is 0 Å². The molecular weight excluding hydrogens is 190 g/mol. The summed E-state index contributed by atoms with van der Waals surface area (Å²) in [6, 6.07) is 9.20. The molecule has 0 radical (unpaired) electrons. The number of ether oxygens (including phenoxy) is 1. The summed E-state index contributed by atoms with van der Waals surface area (Å²) < 4.78 is 4.74. The van der Waals surface area contributed by atoms with Gasteiger partial charge in [-0.25, -0.2) is 0 Å². The number of nitrogens with two attached hydrogens (primary N) is 1. The van der Waals surface area contributed by atoms with Crippen molar-refractivity contribution in [3.8, 4) is 0 Å². The van der Waals surface area contributed by atoms with E-state index in [1.165, 1.54) is 7.11 Å². The average molecular weight is 207 g/mol. The third-order valence-corrected chi connectivity index (χ3v) is 2.65. The number of carbonyl (C=O) groups is 1. The van der Waals surface area contributed by atoms with Crippen molar-refractivity contribution >= 4 is 5.97 Å². The minimum atomic E-state index is -0.712. The Kier molecular flexibility index (Phi) is 3.48. The molecule has 0 unspecified atom stereocenters. The van der Waals surface area contributed by atoms with Crippen LogP contribution in [0.4, 0.5) is 0 Å². The molecule has 1 atom stereocenters. The second-order valence-electron chi connectivity index (χ2n) is 4.10. The Labute approximate surface area is 90.2 Å². The predicted octanol–water partition coefficient (Wildman–Crippen LogP) is 1.89. The van der Waals surface area contributed by atoms with E-state index in [4.69, 9.17) is 10.5 Å². The molecule has 0 aliphatic heterocycles. The van der Waals surface area contributed by atoms with Crippen molar-refractivity contribution in [1.29, 1.82) is 0 Å². The Balaban J connectivity index is 2.94. The summed E-state index contributed by atoms with van der Waals surface area (Å²) in [5.41, 5.74) is 6.27. The zero-order valence-electron chi connectivity index (χ0n) is 9.36. The van der Waals surface area contributed by atoms with E-state index >= 15 is 0 Å². The van der Waals surface area contributed by atoms with Crippen molar-refractivity contribution in [3.05, 3.63) is 35.9 Å². The minimum absolute atomic E-state index is 0.293. The Morgan fingerprint density at radius 1 is 1.33 bits per heavy atom. The van der Waals surface area contributed by atoms with Crippen molar-refractivity contribution < 1.29 is 9.53 Å². The minimum Gasteiger partial charge on any atom is -0.469 e. The Hall–Kier alpha value is -1.35. The molecule has 0 saturated carbocycles. The Morgan fingerprint density at radius 2 is 1.87 bits per heavy atom. The smallest absolute Gasteiger partial charge is 0.313 e. The summed E-state index contributed by atoms with van der Waals surface area (Å²) >= 11 is 0. The van der Waals surface area contributed by atoms with Gasteiger partial charge in [-0.2, -0.15) is 0 Å². The molecule has 82 valence electrons. The number of methoxy groups -OCH3 is 1. The van der Waals surface area contributed by atoms with Gasteiger partial charge >= 0.3 is 5.97 Å². The van der Waals surface area contributed by atoms with Crippen molar-refractivity contribution in [2.24, 2.45) is 11.1 Å². The first-order valence-corrected chi connectivity index (χ1v) is 4.89. The van der Waals surface area contributed by atoms with Gasteiger partial charge in [0.05, 0.1) is 12.5 Å². The SMILES string of the molecule is COC(=O)C(C)(C)[C@@H](N)c1ccccc1. The van der Waals surface area contributed by atoms with Gasteiger partial charge in [-0.05, 0) is 19.4 Å². The number of hydrogen-bond acceptors (Lipinski definition) is 3. The van der Waals surface area contributed by atoms with Gasteiger partial charge in [-0.1, -0.05) is 30.3 Å². The maximum Gasteiger partial charge on any atom is 0.313 e. The standard InChI is InChI=1S/C12H17NO2/c1-12(2,11(14)15-3)10(13)9-7-5-4-6-8-9/h4-8,10H,13H2,1-3H3/t10-/m0/s1. The van der Waals surface area contributed by atoms with Gasteiger partial charge in [-0.15, -0.1) is 0 Å². The zero-order valence-corrected chi connectivity index (χ0v) is 9.36. The average Bonchev–Trinajstić information content (AvgIpc) is 2.28. The highest BCUT2D eigenvalue weighted by atomic mass is 16.5.